The van der Waals surface area contributed by atoms with Crippen molar-refractivity contribution in [1.29, 1.82) is 0 Å². The van der Waals surface area contributed by atoms with Crippen molar-refractivity contribution in [2.75, 3.05) is 13.7 Å². The predicted octanol–water partition coefficient (Wildman–Crippen LogP) is 1.98. The standard InChI is InChI=1S/C13H23N3O/c1-4-8-16-12(5-7-15-16)13(14-3)11-6-9-17-10(11)2/h5,7,10-11,13-14H,4,6,8-9H2,1-3H3. The van der Waals surface area contributed by atoms with Gasteiger partial charge >= 0.3 is 0 Å². The molecule has 0 amide bonds. The summed E-state index contributed by atoms with van der Waals surface area (Å²) in [5, 5.41) is 7.84. The van der Waals surface area contributed by atoms with E-state index in [0.29, 0.717) is 18.1 Å². The maximum atomic E-state index is 5.68. The van der Waals surface area contributed by atoms with Crippen LogP contribution in [-0.4, -0.2) is 29.5 Å². The van der Waals surface area contributed by atoms with Crippen molar-refractivity contribution in [3.8, 4) is 0 Å². The third-order valence-corrected chi connectivity index (χ3v) is 3.68. The third kappa shape index (κ3) is 2.53. The smallest absolute Gasteiger partial charge is 0.0594 e. The number of hydrogen-bond donors (Lipinski definition) is 1. The van der Waals surface area contributed by atoms with Crippen molar-refractivity contribution >= 4 is 0 Å². The molecule has 3 unspecified atom stereocenters. The van der Waals surface area contributed by atoms with E-state index >= 15 is 0 Å². The summed E-state index contributed by atoms with van der Waals surface area (Å²) >= 11 is 0. The first-order chi connectivity index (χ1) is 8.27. The first-order valence-electron chi connectivity index (χ1n) is 6.58. The molecule has 1 aromatic rings. The van der Waals surface area contributed by atoms with Crippen LogP contribution in [0.3, 0.4) is 0 Å². The molecule has 0 aliphatic carbocycles. The van der Waals surface area contributed by atoms with Gasteiger partial charge in [0.15, 0.2) is 0 Å². The molecule has 1 saturated heterocycles. The monoisotopic (exact) mass is 237 g/mol. The van der Waals surface area contributed by atoms with Crippen molar-refractivity contribution in [3.63, 3.8) is 0 Å². The zero-order chi connectivity index (χ0) is 12.3. The Morgan fingerprint density at radius 3 is 3.06 bits per heavy atom. The van der Waals surface area contributed by atoms with E-state index in [2.05, 4.69) is 35.0 Å². The summed E-state index contributed by atoms with van der Waals surface area (Å²) < 4.78 is 7.79. The number of ether oxygens (including phenoxy) is 1. The van der Waals surface area contributed by atoms with Gasteiger partial charge in [0.25, 0.3) is 0 Å². The average molecular weight is 237 g/mol. The lowest BCUT2D eigenvalue weighted by Crippen LogP contribution is -2.31. The second kappa shape index (κ2) is 5.65. The number of aromatic nitrogens is 2. The van der Waals surface area contributed by atoms with Crippen LogP contribution in [0.5, 0.6) is 0 Å². The van der Waals surface area contributed by atoms with Crippen LogP contribution in [0, 0.1) is 5.92 Å². The van der Waals surface area contributed by atoms with E-state index < -0.39 is 0 Å². The molecule has 1 fully saturated rings. The molecule has 17 heavy (non-hydrogen) atoms. The van der Waals surface area contributed by atoms with Gasteiger partial charge in [0.2, 0.25) is 0 Å². The minimum Gasteiger partial charge on any atom is -0.378 e. The first kappa shape index (κ1) is 12.6. The number of nitrogens with zero attached hydrogens (tertiary/aromatic N) is 2. The molecule has 0 radical (unpaired) electrons. The quantitative estimate of drug-likeness (QED) is 0.851. The molecule has 3 atom stereocenters. The average Bonchev–Trinajstić information content (AvgIpc) is 2.92. The highest BCUT2D eigenvalue weighted by Crippen LogP contribution is 2.32. The van der Waals surface area contributed by atoms with Crippen molar-refractivity contribution in [1.82, 2.24) is 15.1 Å². The van der Waals surface area contributed by atoms with Crippen LogP contribution >= 0.6 is 0 Å². The largest absolute Gasteiger partial charge is 0.378 e. The molecule has 1 aromatic heterocycles. The number of aryl methyl sites for hydroxylation is 1. The highest BCUT2D eigenvalue weighted by molar-refractivity contribution is 5.10. The van der Waals surface area contributed by atoms with Gasteiger partial charge in [-0.15, -0.1) is 0 Å². The Labute approximate surface area is 103 Å². The normalized spacial score (nSPS) is 26.3. The Morgan fingerprint density at radius 1 is 1.65 bits per heavy atom. The number of rotatable bonds is 5. The minimum absolute atomic E-state index is 0.331. The maximum absolute atomic E-state index is 5.68. The molecular weight excluding hydrogens is 214 g/mol. The topological polar surface area (TPSA) is 39.1 Å². The third-order valence-electron chi connectivity index (χ3n) is 3.68. The Kier molecular flexibility index (Phi) is 4.18. The van der Waals surface area contributed by atoms with Gasteiger partial charge in [-0.05, 0) is 32.9 Å². The Bertz CT molecular complexity index is 350. The second-order valence-electron chi connectivity index (χ2n) is 4.77. The Morgan fingerprint density at radius 2 is 2.47 bits per heavy atom. The summed E-state index contributed by atoms with van der Waals surface area (Å²) in [4.78, 5) is 0. The fourth-order valence-electron chi connectivity index (χ4n) is 2.77. The van der Waals surface area contributed by atoms with E-state index in [4.69, 9.17) is 4.74 Å². The summed E-state index contributed by atoms with van der Waals surface area (Å²) in [6.45, 7) is 6.22. The van der Waals surface area contributed by atoms with Gasteiger partial charge in [-0.3, -0.25) is 4.68 Å². The molecule has 1 aliphatic rings. The number of nitrogens with one attached hydrogen (secondary N) is 1. The molecule has 0 saturated carbocycles. The molecule has 0 aromatic carbocycles. The fourth-order valence-corrected chi connectivity index (χ4v) is 2.77. The zero-order valence-electron chi connectivity index (χ0n) is 11.0. The van der Waals surface area contributed by atoms with Crippen LogP contribution in [-0.2, 0) is 11.3 Å². The van der Waals surface area contributed by atoms with Gasteiger partial charge in [0.1, 0.15) is 0 Å². The van der Waals surface area contributed by atoms with Crippen LogP contribution in [0.1, 0.15) is 38.4 Å². The highest BCUT2D eigenvalue weighted by atomic mass is 16.5. The van der Waals surface area contributed by atoms with Crippen LogP contribution in [0.15, 0.2) is 12.3 Å². The van der Waals surface area contributed by atoms with Crippen LogP contribution < -0.4 is 5.32 Å². The van der Waals surface area contributed by atoms with Crippen molar-refractivity contribution in [2.45, 2.75) is 45.4 Å². The zero-order valence-corrected chi connectivity index (χ0v) is 11.0. The molecular formula is C13H23N3O. The molecule has 4 nitrogen and oxygen atoms in total. The van der Waals surface area contributed by atoms with Crippen LogP contribution in [0.2, 0.25) is 0 Å². The predicted molar refractivity (Wildman–Crippen MR) is 67.8 cm³/mol. The minimum atomic E-state index is 0.331. The fraction of sp³-hybridized carbons (Fsp3) is 0.769. The van der Waals surface area contributed by atoms with Crippen LogP contribution in [0.4, 0.5) is 0 Å². The van der Waals surface area contributed by atoms with Gasteiger partial charge in [0, 0.05) is 25.3 Å². The molecule has 0 bridgehead atoms. The highest BCUT2D eigenvalue weighted by Gasteiger charge is 2.33. The van der Waals surface area contributed by atoms with E-state index in [1.54, 1.807) is 0 Å². The lowest BCUT2D eigenvalue weighted by Gasteiger charge is -2.26. The van der Waals surface area contributed by atoms with Crippen molar-refractivity contribution < 1.29 is 4.74 Å². The van der Waals surface area contributed by atoms with E-state index in [1.165, 1.54) is 5.69 Å². The second-order valence-corrected chi connectivity index (χ2v) is 4.77. The van der Waals surface area contributed by atoms with Gasteiger partial charge in [0.05, 0.1) is 17.8 Å². The van der Waals surface area contributed by atoms with Crippen molar-refractivity contribution in [2.24, 2.45) is 5.92 Å². The molecule has 1 N–H and O–H groups in total. The van der Waals surface area contributed by atoms with E-state index in [1.807, 2.05) is 13.2 Å². The molecule has 2 rings (SSSR count). The molecule has 4 heteroatoms. The summed E-state index contributed by atoms with van der Waals surface area (Å²) in [5.74, 6) is 0.548. The first-order valence-corrected chi connectivity index (χ1v) is 6.58. The molecule has 96 valence electrons. The van der Waals surface area contributed by atoms with Gasteiger partial charge < -0.3 is 10.1 Å². The van der Waals surface area contributed by atoms with E-state index in [9.17, 15) is 0 Å². The molecule has 0 spiro atoms. The van der Waals surface area contributed by atoms with Gasteiger partial charge in [-0.2, -0.15) is 5.10 Å². The van der Waals surface area contributed by atoms with E-state index in [0.717, 1.165) is 26.0 Å². The van der Waals surface area contributed by atoms with Gasteiger partial charge in [-0.25, -0.2) is 0 Å². The summed E-state index contributed by atoms with van der Waals surface area (Å²) in [6.07, 6.45) is 4.47. The Balaban J connectivity index is 2.19. The maximum Gasteiger partial charge on any atom is 0.0594 e. The van der Waals surface area contributed by atoms with E-state index in [-0.39, 0.29) is 0 Å². The van der Waals surface area contributed by atoms with Crippen molar-refractivity contribution in [3.05, 3.63) is 18.0 Å². The summed E-state index contributed by atoms with van der Waals surface area (Å²) in [5.41, 5.74) is 1.29. The van der Waals surface area contributed by atoms with Gasteiger partial charge in [-0.1, -0.05) is 6.92 Å². The molecule has 1 aliphatic heterocycles. The summed E-state index contributed by atoms with van der Waals surface area (Å²) in [6, 6.07) is 2.48. The molecule has 2 heterocycles. The lowest BCUT2D eigenvalue weighted by molar-refractivity contribution is 0.0952. The lowest BCUT2D eigenvalue weighted by atomic mass is 9.91. The Hall–Kier alpha value is -0.870. The SMILES string of the molecule is CCCn1nccc1C(NC)C1CCOC1C. The summed E-state index contributed by atoms with van der Waals surface area (Å²) in [7, 11) is 2.03. The van der Waals surface area contributed by atoms with Crippen LogP contribution in [0.25, 0.3) is 0 Å². The number of hydrogen-bond acceptors (Lipinski definition) is 3.